The van der Waals surface area contributed by atoms with Crippen molar-refractivity contribution in [3.8, 4) is 0 Å². The second kappa shape index (κ2) is 3.44. The van der Waals surface area contributed by atoms with Gasteiger partial charge in [-0.05, 0) is 0 Å². The standard InChI is InChI=1S/C5H6N2O4S/c1-11-4(9)2-3(8)6-5(7-10)12-2/h2,10H,1H3,(H,6,7,8)/t2-/m0/s1. The molecule has 0 aromatic rings. The summed E-state index contributed by atoms with van der Waals surface area (Å²) in [4.78, 5) is 21.8. The highest BCUT2D eigenvalue weighted by atomic mass is 32.2. The molecule has 1 atom stereocenters. The molecule has 1 aliphatic heterocycles. The maximum atomic E-state index is 10.9. The van der Waals surface area contributed by atoms with Gasteiger partial charge in [0, 0.05) is 0 Å². The third kappa shape index (κ3) is 1.50. The molecule has 2 N–H and O–H groups in total. The quantitative estimate of drug-likeness (QED) is 0.243. The lowest BCUT2D eigenvalue weighted by atomic mass is 10.4. The Morgan fingerprint density at radius 3 is 2.92 bits per heavy atom. The largest absolute Gasteiger partial charge is 0.468 e. The third-order valence-electron chi connectivity index (χ3n) is 1.20. The van der Waals surface area contributed by atoms with E-state index in [1.165, 1.54) is 7.11 Å². The Hall–Kier alpha value is -1.24. The fourth-order valence-corrected chi connectivity index (χ4v) is 1.46. The number of methoxy groups -OCH3 is 1. The average molecular weight is 190 g/mol. The van der Waals surface area contributed by atoms with Gasteiger partial charge in [-0.1, -0.05) is 16.9 Å². The highest BCUT2D eigenvalue weighted by molar-refractivity contribution is 8.16. The van der Waals surface area contributed by atoms with E-state index < -0.39 is 17.1 Å². The smallest absolute Gasteiger partial charge is 0.328 e. The second-order valence-corrected chi connectivity index (χ2v) is 3.01. The Balaban J connectivity index is 2.70. The molecular weight excluding hydrogens is 184 g/mol. The third-order valence-corrected chi connectivity index (χ3v) is 2.25. The van der Waals surface area contributed by atoms with Crippen LogP contribution in [0.15, 0.2) is 5.16 Å². The minimum Gasteiger partial charge on any atom is -0.468 e. The number of oxime groups is 1. The number of carbonyl (C=O) groups excluding carboxylic acids is 2. The fraction of sp³-hybridized carbons (Fsp3) is 0.400. The Morgan fingerprint density at radius 1 is 1.83 bits per heavy atom. The number of hydrogen-bond donors (Lipinski definition) is 2. The van der Waals surface area contributed by atoms with Crippen molar-refractivity contribution in [2.75, 3.05) is 7.11 Å². The van der Waals surface area contributed by atoms with Crippen LogP contribution < -0.4 is 5.32 Å². The summed E-state index contributed by atoms with van der Waals surface area (Å²) in [6, 6.07) is 0. The topological polar surface area (TPSA) is 88.0 Å². The highest BCUT2D eigenvalue weighted by Gasteiger charge is 2.37. The molecule has 0 radical (unpaired) electrons. The van der Waals surface area contributed by atoms with E-state index in [1.807, 2.05) is 0 Å². The number of nitrogens with one attached hydrogen (secondary N) is 1. The van der Waals surface area contributed by atoms with Gasteiger partial charge in [0.15, 0.2) is 5.25 Å². The van der Waals surface area contributed by atoms with Crippen LogP contribution in [-0.4, -0.2) is 34.6 Å². The van der Waals surface area contributed by atoms with E-state index in [4.69, 9.17) is 5.21 Å². The molecule has 1 amide bonds. The first kappa shape index (κ1) is 8.85. The molecule has 0 aromatic carbocycles. The number of amidine groups is 1. The van der Waals surface area contributed by atoms with Crippen molar-refractivity contribution in [3.05, 3.63) is 0 Å². The molecule has 0 bridgehead atoms. The van der Waals surface area contributed by atoms with Crippen molar-refractivity contribution in [1.82, 2.24) is 5.32 Å². The number of amides is 1. The predicted molar refractivity (Wildman–Crippen MR) is 40.8 cm³/mol. The van der Waals surface area contributed by atoms with E-state index in [9.17, 15) is 9.59 Å². The van der Waals surface area contributed by atoms with E-state index in [-0.39, 0.29) is 5.17 Å². The Kier molecular flexibility index (Phi) is 2.54. The lowest BCUT2D eigenvalue weighted by Crippen LogP contribution is -2.30. The van der Waals surface area contributed by atoms with E-state index in [0.29, 0.717) is 0 Å². The molecule has 0 saturated carbocycles. The van der Waals surface area contributed by atoms with Crippen LogP contribution >= 0.6 is 11.8 Å². The number of ether oxygens (including phenoxy) is 1. The van der Waals surface area contributed by atoms with Crippen LogP contribution in [0.4, 0.5) is 0 Å². The average Bonchev–Trinajstić information content (AvgIpc) is 2.45. The van der Waals surface area contributed by atoms with Gasteiger partial charge in [-0.3, -0.25) is 9.59 Å². The Labute approximate surface area is 71.9 Å². The van der Waals surface area contributed by atoms with E-state index >= 15 is 0 Å². The van der Waals surface area contributed by atoms with Crippen LogP contribution in [0.3, 0.4) is 0 Å². The molecule has 1 heterocycles. The zero-order chi connectivity index (χ0) is 9.14. The normalized spacial score (nSPS) is 25.6. The van der Waals surface area contributed by atoms with Gasteiger partial charge in [0.05, 0.1) is 7.11 Å². The molecule has 0 aromatic heterocycles. The number of nitrogens with zero attached hydrogens (tertiary/aromatic N) is 1. The minimum atomic E-state index is -0.958. The monoisotopic (exact) mass is 190 g/mol. The first-order valence-electron chi connectivity index (χ1n) is 2.96. The fourth-order valence-electron chi connectivity index (χ4n) is 0.676. The van der Waals surface area contributed by atoms with Gasteiger partial charge in [-0.15, -0.1) is 0 Å². The van der Waals surface area contributed by atoms with E-state index in [2.05, 4.69) is 15.2 Å². The van der Waals surface area contributed by atoms with Crippen LogP contribution in [0.25, 0.3) is 0 Å². The van der Waals surface area contributed by atoms with E-state index in [1.54, 1.807) is 0 Å². The zero-order valence-electron chi connectivity index (χ0n) is 6.10. The molecule has 66 valence electrons. The van der Waals surface area contributed by atoms with Gasteiger partial charge in [-0.2, -0.15) is 0 Å². The maximum Gasteiger partial charge on any atom is 0.328 e. The van der Waals surface area contributed by atoms with Gasteiger partial charge in [0.25, 0.3) is 5.91 Å². The molecule has 12 heavy (non-hydrogen) atoms. The molecule has 1 aliphatic rings. The summed E-state index contributed by atoms with van der Waals surface area (Å²) in [5.41, 5.74) is 0. The zero-order valence-corrected chi connectivity index (χ0v) is 6.92. The summed E-state index contributed by atoms with van der Waals surface area (Å²) in [6.07, 6.45) is 0. The molecule has 1 saturated heterocycles. The van der Waals surface area contributed by atoms with Crippen LogP contribution in [-0.2, 0) is 14.3 Å². The molecule has 7 heteroatoms. The van der Waals surface area contributed by atoms with Crippen molar-refractivity contribution in [2.24, 2.45) is 5.16 Å². The molecule has 0 spiro atoms. The van der Waals surface area contributed by atoms with Gasteiger partial charge >= 0.3 is 5.97 Å². The van der Waals surface area contributed by atoms with Gasteiger partial charge in [0.1, 0.15) is 0 Å². The summed E-state index contributed by atoms with van der Waals surface area (Å²) >= 11 is 0.816. The number of hydrogen-bond acceptors (Lipinski definition) is 6. The van der Waals surface area contributed by atoms with Crippen LogP contribution in [0.2, 0.25) is 0 Å². The number of carbonyl (C=O) groups is 2. The summed E-state index contributed by atoms with van der Waals surface area (Å²) in [5, 5.41) is 12.2. The van der Waals surface area contributed by atoms with Crippen molar-refractivity contribution in [2.45, 2.75) is 5.25 Å². The van der Waals surface area contributed by atoms with Crippen molar-refractivity contribution >= 4 is 28.8 Å². The van der Waals surface area contributed by atoms with Crippen LogP contribution in [0.1, 0.15) is 0 Å². The first-order chi connectivity index (χ1) is 5.69. The molecule has 0 aliphatic carbocycles. The molecule has 6 nitrogen and oxygen atoms in total. The summed E-state index contributed by atoms with van der Waals surface area (Å²) in [5.74, 6) is -1.18. The van der Waals surface area contributed by atoms with Crippen molar-refractivity contribution in [1.29, 1.82) is 0 Å². The maximum absolute atomic E-state index is 10.9. The van der Waals surface area contributed by atoms with Crippen molar-refractivity contribution < 1.29 is 19.5 Å². The molecule has 0 unspecified atom stereocenters. The summed E-state index contributed by atoms with van der Waals surface area (Å²) in [7, 11) is 1.18. The highest BCUT2D eigenvalue weighted by Crippen LogP contribution is 2.19. The number of esters is 1. The summed E-state index contributed by atoms with van der Waals surface area (Å²) in [6.45, 7) is 0. The predicted octanol–water partition coefficient (Wildman–Crippen LogP) is -0.864. The minimum absolute atomic E-state index is 0.00963. The van der Waals surface area contributed by atoms with Crippen LogP contribution in [0, 0.1) is 0 Å². The molecule has 1 rings (SSSR count). The number of rotatable bonds is 1. The van der Waals surface area contributed by atoms with E-state index in [0.717, 1.165) is 11.8 Å². The van der Waals surface area contributed by atoms with Gasteiger partial charge in [0.2, 0.25) is 5.17 Å². The second-order valence-electron chi connectivity index (χ2n) is 1.92. The Morgan fingerprint density at radius 2 is 2.50 bits per heavy atom. The Bertz CT molecular complexity index is 252. The lowest BCUT2D eigenvalue weighted by molar-refractivity contribution is -0.142. The van der Waals surface area contributed by atoms with Crippen molar-refractivity contribution in [3.63, 3.8) is 0 Å². The van der Waals surface area contributed by atoms with Gasteiger partial charge < -0.3 is 15.3 Å². The summed E-state index contributed by atoms with van der Waals surface area (Å²) < 4.78 is 4.34. The number of thioether (sulfide) groups is 1. The van der Waals surface area contributed by atoms with Gasteiger partial charge in [-0.25, -0.2) is 0 Å². The first-order valence-corrected chi connectivity index (χ1v) is 3.84. The lowest BCUT2D eigenvalue weighted by Gasteiger charge is -2.00. The van der Waals surface area contributed by atoms with Crippen LogP contribution in [0.5, 0.6) is 0 Å². The SMILES string of the molecule is COC(=O)[C@H]1SC(=NO)NC1=O. The molecule has 1 fully saturated rings. The molecular formula is C5H6N2O4S.